The second kappa shape index (κ2) is 4.34. The van der Waals surface area contributed by atoms with Gasteiger partial charge < -0.3 is 5.32 Å². The molecule has 0 aliphatic rings. The number of nitrogens with zero attached hydrogens (tertiary/aromatic N) is 1. The molecule has 1 aromatic rings. The number of aromatic nitrogens is 1. The molecule has 0 spiro atoms. The van der Waals surface area contributed by atoms with E-state index in [0.29, 0.717) is 10.8 Å². The molecule has 0 aliphatic carbocycles. The Morgan fingerprint density at radius 2 is 2.38 bits per heavy atom. The number of hydrogen-bond donors (Lipinski definition) is 1. The van der Waals surface area contributed by atoms with Gasteiger partial charge in [-0.2, -0.15) is 0 Å². The van der Waals surface area contributed by atoms with Gasteiger partial charge in [0.25, 0.3) is 0 Å². The Balaban J connectivity index is 2.63. The fourth-order valence-corrected chi connectivity index (χ4v) is 1.63. The van der Waals surface area contributed by atoms with Crippen molar-refractivity contribution in [2.45, 2.75) is 13.3 Å². The summed E-state index contributed by atoms with van der Waals surface area (Å²) in [7, 11) is 0. The average Bonchev–Trinajstić information content (AvgIpc) is 2.33. The van der Waals surface area contributed by atoms with Crippen LogP contribution in [-0.2, 0) is 16.0 Å². The fourth-order valence-electron chi connectivity index (χ4n) is 0.739. The maximum atomic E-state index is 10.6. The number of rotatable bonds is 3. The summed E-state index contributed by atoms with van der Waals surface area (Å²) in [5.41, 5.74) is 0.578. The Kier molecular flexibility index (Phi) is 3.39. The SMILES string of the molecule is CC(=O)Nc1nc(CC(=O)Cl)cs1. The third-order valence-electron chi connectivity index (χ3n) is 1.15. The summed E-state index contributed by atoms with van der Waals surface area (Å²) in [6.07, 6.45) is 0.0949. The van der Waals surface area contributed by atoms with E-state index in [0.717, 1.165) is 0 Å². The van der Waals surface area contributed by atoms with Crippen LogP contribution in [0.3, 0.4) is 0 Å². The fraction of sp³-hybridized carbons (Fsp3) is 0.286. The molecule has 0 radical (unpaired) electrons. The maximum absolute atomic E-state index is 10.6. The second-order valence-electron chi connectivity index (χ2n) is 2.36. The monoisotopic (exact) mass is 218 g/mol. The molecule has 0 bridgehead atoms. The first-order valence-electron chi connectivity index (χ1n) is 3.48. The standard InChI is InChI=1S/C7H7ClN2O2S/c1-4(11)9-7-10-5(3-13-7)2-6(8)12/h3H,2H2,1H3,(H,9,10,11). The summed E-state index contributed by atoms with van der Waals surface area (Å²) < 4.78 is 0. The second-order valence-corrected chi connectivity index (χ2v) is 3.64. The maximum Gasteiger partial charge on any atom is 0.227 e. The highest BCUT2D eigenvalue weighted by Crippen LogP contribution is 2.15. The van der Waals surface area contributed by atoms with E-state index in [1.165, 1.54) is 18.3 Å². The molecule has 1 rings (SSSR count). The Morgan fingerprint density at radius 1 is 1.69 bits per heavy atom. The van der Waals surface area contributed by atoms with Crippen molar-refractivity contribution in [3.63, 3.8) is 0 Å². The summed E-state index contributed by atoms with van der Waals surface area (Å²) in [5.74, 6) is -0.182. The van der Waals surface area contributed by atoms with Crippen molar-refractivity contribution < 1.29 is 9.59 Å². The highest BCUT2D eigenvalue weighted by molar-refractivity contribution is 7.13. The highest BCUT2D eigenvalue weighted by atomic mass is 35.5. The van der Waals surface area contributed by atoms with Gasteiger partial charge in [0.15, 0.2) is 5.13 Å². The molecule has 0 saturated heterocycles. The third kappa shape index (κ3) is 3.52. The van der Waals surface area contributed by atoms with Crippen molar-refractivity contribution in [3.8, 4) is 0 Å². The van der Waals surface area contributed by atoms with Gasteiger partial charge in [-0.15, -0.1) is 11.3 Å². The summed E-state index contributed by atoms with van der Waals surface area (Å²) in [6.45, 7) is 1.40. The van der Waals surface area contributed by atoms with Crippen molar-refractivity contribution in [2.75, 3.05) is 5.32 Å². The molecule has 6 heteroatoms. The van der Waals surface area contributed by atoms with Gasteiger partial charge in [-0.05, 0) is 11.6 Å². The van der Waals surface area contributed by atoms with E-state index in [9.17, 15) is 9.59 Å². The topological polar surface area (TPSA) is 59.1 Å². The number of carbonyl (C=O) groups is 2. The smallest absolute Gasteiger partial charge is 0.227 e. The van der Waals surface area contributed by atoms with Crippen molar-refractivity contribution in [1.82, 2.24) is 4.98 Å². The molecule has 4 nitrogen and oxygen atoms in total. The largest absolute Gasteiger partial charge is 0.302 e. The zero-order chi connectivity index (χ0) is 9.84. The van der Waals surface area contributed by atoms with Gasteiger partial charge in [0.1, 0.15) is 0 Å². The quantitative estimate of drug-likeness (QED) is 0.781. The predicted octanol–water partition coefficient (Wildman–Crippen LogP) is 1.41. The summed E-state index contributed by atoms with van der Waals surface area (Å²) >= 11 is 6.43. The van der Waals surface area contributed by atoms with E-state index in [2.05, 4.69) is 10.3 Å². The molecule has 1 heterocycles. The van der Waals surface area contributed by atoms with Gasteiger partial charge in [-0.1, -0.05) is 0 Å². The van der Waals surface area contributed by atoms with Crippen LogP contribution in [0.2, 0.25) is 0 Å². The van der Waals surface area contributed by atoms with Crippen LogP contribution in [-0.4, -0.2) is 16.1 Å². The van der Waals surface area contributed by atoms with Crippen molar-refractivity contribution >= 4 is 39.2 Å². The number of thiazole rings is 1. The molecule has 1 N–H and O–H groups in total. The lowest BCUT2D eigenvalue weighted by Gasteiger charge is -1.92. The Bertz CT molecular complexity index is 306. The van der Waals surface area contributed by atoms with Crippen LogP contribution in [0.5, 0.6) is 0 Å². The van der Waals surface area contributed by atoms with E-state index in [-0.39, 0.29) is 12.3 Å². The lowest BCUT2D eigenvalue weighted by molar-refractivity contribution is -0.114. The van der Waals surface area contributed by atoms with Crippen molar-refractivity contribution in [2.24, 2.45) is 0 Å². The summed E-state index contributed by atoms with van der Waals surface area (Å²) in [5, 5.41) is 4.23. The molecule has 70 valence electrons. The lowest BCUT2D eigenvalue weighted by atomic mass is 10.4. The zero-order valence-electron chi connectivity index (χ0n) is 6.83. The van der Waals surface area contributed by atoms with Gasteiger partial charge in [-0.25, -0.2) is 4.98 Å². The zero-order valence-corrected chi connectivity index (χ0v) is 8.41. The van der Waals surface area contributed by atoms with E-state index in [1.54, 1.807) is 5.38 Å². The van der Waals surface area contributed by atoms with Gasteiger partial charge >= 0.3 is 0 Å². The highest BCUT2D eigenvalue weighted by Gasteiger charge is 2.05. The average molecular weight is 219 g/mol. The van der Waals surface area contributed by atoms with Crippen molar-refractivity contribution in [1.29, 1.82) is 0 Å². The molecule has 0 unspecified atom stereocenters. The number of carbonyl (C=O) groups excluding carboxylic acids is 2. The predicted molar refractivity (Wildman–Crippen MR) is 51.0 cm³/mol. The molecule has 13 heavy (non-hydrogen) atoms. The van der Waals surface area contributed by atoms with Crippen LogP contribution in [0, 0.1) is 0 Å². The van der Waals surface area contributed by atoms with Gasteiger partial charge in [0, 0.05) is 12.3 Å². The van der Waals surface area contributed by atoms with Gasteiger partial charge in [0.2, 0.25) is 11.1 Å². The van der Waals surface area contributed by atoms with Crippen LogP contribution in [0.25, 0.3) is 0 Å². The molecule has 0 aliphatic heterocycles. The van der Waals surface area contributed by atoms with Crippen LogP contribution < -0.4 is 5.32 Å². The molecule has 0 fully saturated rings. The third-order valence-corrected chi connectivity index (χ3v) is 2.09. The molecule has 0 atom stereocenters. The summed E-state index contributed by atoms with van der Waals surface area (Å²) in [6, 6.07) is 0. The first-order chi connectivity index (χ1) is 6.08. The van der Waals surface area contributed by atoms with E-state index in [1.807, 2.05) is 0 Å². The molecule has 1 amide bonds. The molecular formula is C7H7ClN2O2S. The summed E-state index contributed by atoms with van der Waals surface area (Å²) in [4.78, 5) is 25.1. The van der Waals surface area contributed by atoms with E-state index >= 15 is 0 Å². The number of halogens is 1. The minimum atomic E-state index is -0.459. The van der Waals surface area contributed by atoms with Gasteiger partial charge in [0.05, 0.1) is 12.1 Å². The van der Waals surface area contributed by atoms with E-state index < -0.39 is 5.24 Å². The van der Waals surface area contributed by atoms with Gasteiger partial charge in [-0.3, -0.25) is 9.59 Å². The van der Waals surface area contributed by atoms with Crippen LogP contribution >= 0.6 is 22.9 Å². The Morgan fingerprint density at radius 3 is 2.92 bits per heavy atom. The number of nitrogens with one attached hydrogen (secondary N) is 1. The molecule has 1 aromatic heterocycles. The minimum Gasteiger partial charge on any atom is -0.302 e. The van der Waals surface area contributed by atoms with Crippen LogP contribution in [0.15, 0.2) is 5.38 Å². The molecule has 0 saturated carbocycles. The van der Waals surface area contributed by atoms with Crippen LogP contribution in [0.1, 0.15) is 12.6 Å². The normalized spacial score (nSPS) is 9.69. The first-order valence-corrected chi connectivity index (χ1v) is 4.74. The van der Waals surface area contributed by atoms with E-state index in [4.69, 9.17) is 11.6 Å². The number of anilines is 1. The number of hydrogen-bond acceptors (Lipinski definition) is 4. The Labute approximate surface area is 83.9 Å². The molecular weight excluding hydrogens is 212 g/mol. The molecule has 0 aromatic carbocycles. The minimum absolute atomic E-state index is 0.0949. The number of amides is 1. The first kappa shape index (κ1) is 10.1. The Hall–Kier alpha value is -0.940. The van der Waals surface area contributed by atoms with Crippen LogP contribution in [0.4, 0.5) is 5.13 Å². The lowest BCUT2D eigenvalue weighted by Crippen LogP contribution is -2.05. The van der Waals surface area contributed by atoms with Crippen molar-refractivity contribution in [3.05, 3.63) is 11.1 Å².